The van der Waals surface area contributed by atoms with Crippen LogP contribution in [0.3, 0.4) is 0 Å². The van der Waals surface area contributed by atoms with E-state index in [0.717, 1.165) is 13.0 Å². The number of alkyl halides is 1. The molecule has 46 heavy (non-hydrogen) atoms. The summed E-state index contributed by atoms with van der Waals surface area (Å²) in [7, 11) is 0. The lowest BCUT2D eigenvalue weighted by molar-refractivity contribution is -0.0286. The molecule has 0 saturated carbocycles. The fourth-order valence-electron chi connectivity index (χ4n) is 3.36. The number of hydrogen-bond acceptors (Lipinski definition) is 13. The van der Waals surface area contributed by atoms with Gasteiger partial charge in [-0.15, -0.1) is 0 Å². The van der Waals surface area contributed by atoms with E-state index < -0.39 is 0 Å². The molecule has 0 amide bonds. The highest BCUT2D eigenvalue weighted by Gasteiger charge is 1.97. The van der Waals surface area contributed by atoms with Gasteiger partial charge in [-0.1, -0.05) is 42.0 Å². The molecule has 0 saturated heterocycles. The predicted molar refractivity (Wildman–Crippen MR) is 183 cm³/mol. The Kier molecular flexibility index (Phi) is 44.6. The van der Waals surface area contributed by atoms with Gasteiger partial charge in [0.1, 0.15) is 6.61 Å². The molecule has 0 heterocycles. The van der Waals surface area contributed by atoms with Crippen molar-refractivity contribution in [3.63, 3.8) is 0 Å². The first kappa shape index (κ1) is 45.8. The SMILES string of the molecule is C=COCCOCCOCCOCCOCCOCCOCCOCCOCCOCCOCCOCCOCCCCCCI. The van der Waals surface area contributed by atoms with Crippen molar-refractivity contribution >= 4 is 22.6 Å². The highest BCUT2D eigenvalue weighted by Crippen LogP contribution is 2.02. The average molecular weight is 783 g/mol. The van der Waals surface area contributed by atoms with Gasteiger partial charge in [0.2, 0.25) is 0 Å². The average Bonchev–Trinajstić information content (AvgIpc) is 3.07. The maximum absolute atomic E-state index is 5.56. The van der Waals surface area contributed by atoms with Gasteiger partial charge in [0.15, 0.2) is 0 Å². The van der Waals surface area contributed by atoms with Gasteiger partial charge in [-0.2, -0.15) is 0 Å². The first-order chi connectivity index (χ1) is 22.9. The summed E-state index contributed by atoms with van der Waals surface area (Å²) in [4.78, 5) is 0. The highest BCUT2D eigenvalue weighted by atomic mass is 127. The van der Waals surface area contributed by atoms with Crippen molar-refractivity contribution in [3.8, 4) is 0 Å². The van der Waals surface area contributed by atoms with Crippen molar-refractivity contribution in [2.24, 2.45) is 0 Å². The molecule has 0 N–H and O–H groups in total. The van der Waals surface area contributed by atoms with Crippen LogP contribution in [0.25, 0.3) is 0 Å². The van der Waals surface area contributed by atoms with Crippen molar-refractivity contribution in [2.75, 3.05) is 170 Å². The smallest absolute Gasteiger partial charge is 0.111 e. The number of halogens is 1. The van der Waals surface area contributed by atoms with Gasteiger partial charge >= 0.3 is 0 Å². The molecular formula is C32H63IO13. The lowest BCUT2D eigenvalue weighted by atomic mass is 10.2. The van der Waals surface area contributed by atoms with E-state index in [0.29, 0.717) is 159 Å². The van der Waals surface area contributed by atoms with Crippen molar-refractivity contribution in [2.45, 2.75) is 25.7 Å². The van der Waals surface area contributed by atoms with E-state index in [9.17, 15) is 0 Å². The molecule has 0 unspecified atom stereocenters. The van der Waals surface area contributed by atoms with Crippen LogP contribution >= 0.6 is 22.6 Å². The number of ether oxygens (including phenoxy) is 13. The molecule has 0 radical (unpaired) electrons. The van der Waals surface area contributed by atoms with Gasteiger partial charge in [0.25, 0.3) is 0 Å². The Morgan fingerprint density at radius 2 is 0.500 bits per heavy atom. The molecule has 0 bridgehead atoms. The van der Waals surface area contributed by atoms with Crippen molar-refractivity contribution in [3.05, 3.63) is 12.8 Å². The maximum atomic E-state index is 5.56. The van der Waals surface area contributed by atoms with Crippen molar-refractivity contribution < 1.29 is 61.6 Å². The molecule has 0 aliphatic rings. The summed E-state index contributed by atoms with van der Waals surface area (Å²) in [5, 5.41) is 0. The fourth-order valence-corrected chi connectivity index (χ4v) is 3.90. The zero-order valence-electron chi connectivity index (χ0n) is 28.2. The zero-order valence-corrected chi connectivity index (χ0v) is 30.3. The van der Waals surface area contributed by atoms with Crippen LogP contribution in [0, 0.1) is 0 Å². The van der Waals surface area contributed by atoms with Crippen LogP contribution in [-0.2, 0) is 61.6 Å². The molecule has 0 aromatic carbocycles. The van der Waals surface area contributed by atoms with E-state index in [1.807, 2.05) is 0 Å². The molecule has 0 spiro atoms. The second-order valence-corrected chi connectivity index (χ2v) is 10.6. The fraction of sp³-hybridized carbons (Fsp3) is 0.938. The molecule has 13 nitrogen and oxygen atoms in total. The summed E-state index contributed by atoms with van der Waals surface area (Å²) in [6, 6.07) is 0. The van der Waals surface area contributed by atoms with Crippen LogP contribution in [0.4, 0.5) is 0 Å². The van der Waals surface area contributed by atoms with Crippen LogP contribution in [0.2, 0.25) is 0 Å². The Balaban J connectivity index is 3.03. The van der Waals surface area contributed by atoms with E-state index >= 15 is 0 Å². The summed E-state index contributed by atoms with van der Waals surface area (Å²) < 4.78 is 71.8. The molecule has 276 valence electrons. The van der Waals surface area contributed by atoms with E-state index in [4.69, 9.17) is 61.6 Å². The minimum atomic E-state index is 0.503. The molecule has 0 rings (SSSR count). The van der Waals surface area contributed by atoms with Gasteiger partial charge < -0.3 is 61.6 Å². The second kappa shape index (κ2) is 44.8. The van der Waals surface area contributed by atoms with Gasteiger partial charge in [0.05, 0.1) is 158 Å². The molecule has 14 heteroatoms. The summed E-state index contributed by atoms with van der Waals surface area (Å²) in [5.74, 6) is 0. The maximum Gasteiger partial charge on any atom is 0.111 e. The Bertz CT molecular complexity index is 552. The molecule has 0 aliphatic carbocycles. The lowest BCUT2D eigenvalue weighted by Gasteiger charge is -2.09. The topological polar surface area (TPSA) is 120 Å². The molecule has 0 aromatic rings. The van der Waals surface area contributed by atoms with Gasteiger partial charge in [-0.05, 0) is 17.3 Å². The minimum Gasteiger partial charge on any atom is -0.499 e. The Labute approximate surface area is 291 Å². The van der Waals surface area contributed by atoms with Crippen molar-refractivity contribution in [1.82, 2.24) is 0 Å². The highest BCUT2D eigenvalue weighted by molar-refractivity contribution is 14.1. The van der Waals surface area contributed by atoms with E-state index in [1.165, 1.54) is 30.0 Å². The number of hydrogen-bond donors (Lipinski definition) is 0. The Morgan fingerprint density at radius 3 is 0.739 bits per heavy atom. The molecule has 0 fully saturated rings. The normalized spacial score (nSPS) is 11.4. The van der Waals surface area contributed by atoms with E-state index in [2.05, 4.69) is 29.2 Å². The van der Waals surface area contributed by atoms with Gasteiger partial charge in [0, 0.05) is 6.61 Å². The van der Waals surface area contributed by atoms with E-state index in [-0.39, 0.29) is 0 Å². The van der Waals surface area contributed by atoms with Crippen molar-refractivity contribution in [1.29, 1.82) is 0 Å². The summed E-state index contributed by atoms with van der Waals surface area (Å²) in [6.45, 7) is 17.1. The van der Waals surface area contributed by atoms with Crippen LogP contribution < -0.4 is 0 Å². The van der Waals surface area contributed by atoms with Crippen LogP contribution in [0.15, 0.2) is 12.8 Å². The second-order valence-electron chi connectivity index (χ2n) is 9.49. The molecule has 0 aliphatic heterocycles. The largest absolute Gasteiger partial charge is 0.499 e. The standard InChI is InChI=1S/C32H63IO13/c1-2-34-9-10-36-13-14-38-17-18-40-21-22-42-25-26-44-29-30-46-32-31-45-28-27-43-24-23-41-20-19-39-16-15-37-12-11-35-8-6-4-3-5-7-33/h2H,1,3-32H2. The van der Waals surface area contributed by atoms with Gasteiger partial charge in [-0.3, -0.25) is 0 Å². The summed E-state index contributed by atoms with van der Waals surface area (Å²) in [5.41, 5.74) is 0. The third kappa shape index (κ3) is 43.8. The minimum absolute atomic E-state index is 0.503. The molecule has 0 aromatic heterocycles. The number of rotatable bonds is 43. The Morgan fingerprint density at radius 1 is 0.283 bits per heavy atom. The Hall–Kier alpha value is -0.210. The third-order valence-corrected chi connectivity index (χ3v) is 6.49. The van der Waals surface area contributed by atoms with Crippen LogP contribution in [0.5, 0.6) is 0 Å². The van der Waals surface area contributed by atoms with E-state index in [1.54, 1.807) is 0 Å². The quantitative estimate of drug-likeness (QED) is 0.0390. The zero-order chi connectivity index (χ0) is 33.1. The predicted octanol–water partition coefficient (Wildman–Crippen LogP) is 3.34. The van der Waals surface area contributed by atoms with Crippen LogP contribution in [0.1, 0.15) is 25.7 Å². The first-order valence-corrected chi connectivity index (χ1v) is 18.2. The van der Waals surface area contributed by atoms with Crippen LogP contribution in [-0.4, -0.2) is 170 Å². The van der Waals surface area contributed by atoms with Gasteiger partial charge in [-0.25, -0.2) is 0 Å². The lowest BCUT2D eigenvalue weighted by Crippen LogP contribution is -2.15. The summed E-state index contributed by atoms with van der Waals surface area (Å²) in [6.07, 6.45) is 6.37. The monoisotopic (exact) mass is 782 g/mol. The number of unbranched alkanes of at least 4 members (excludes halogenated alkanes) is 3. The molecule has 0 atom stereocenters. The third-order valence-electron chi connectivity index (χ3n) is 5.73. The molecular weight excluding hydrogens is 719 g/mol. The first-order valence-electron chi connectivity index (χ1n) is 16.6. The summed E-state index contributed by atoms with van der Waals surface area (Å²) >= 11 is 2.42.